The Labute approximate surface area is 118 Å². The summed E-state index contributed by atoms with van der Waals surface area (Å²) in [6.45, 7) is 0.662. The molecule has 0 atom stereocenters. The van der Waals surface area contributed by atoms with Crippen LogP contribution in [0.15, 0.2) is 36.8 Å². The van der Waals surface area contributed by atoms with Gasteiger partial charge in [-0.3, -0.25) is 4.79 Å². The molecule has 0 spiro atoms. The van der Waals surface area contributed by atoms with E-state index >= 15 is 0 Å². The van der Waals surface area contributed by atoms with Gasteiger partial charge in [0.15, 0.2) is 5.78 Å². The molecule has 0 unspecified atom stereocenters. The van der Waals surface area contributed by atoms with Crippen molar-refractivity contribution in [1.29, 1.82) is 0 Å². The highest BCUT2D eigenvalue weighted by atomic mass is 16.5. The van der Waals surface area contributed by atoms with Crippen LogP contribution in [0, 0.1) is 5.92 Å². The molecule has 1 aromatic heterocycles. The Kier molecular flexibility index (Phi) is 3.81. The van der Waals surface area contributed by atoms with Crippen LogP contribution >= 0.6 is 0 Å². The number of ketones is 1. The lowest BCUT2D eigenvalue weighted by Gasteiger charge is -2.06. The summed E-state index contributed by atoms with van der Waals surface area (Å²) in [7, 11) is 0. The first-order valence-corrected chi connectivity index (χ1v) is 7.07. The minimum Gasteiger partial charge on any atom is -0.494 e. The molecule has 104 valence electrons. The molecular formula is C16H18N2O2. The summed E-state index contributed by atoms with van der Waals surface area (Å²) < 4.78 is 5.67. The predicted octanol–water partition coefficient (Wildman–Crippen LogP) is 3.01. The zero-order chi connectivity index (χ0) is 13.8. The molecular weight excluding hydrogens is 258 g/mol. The molecule has 2 aromatic rings. The highest BCUT2D eigenvalue weighted by molar-refractivity contribution is 5.99. The monoisotopic (exact) mass is 276 g/mol. The topological polar surface area (TPSA) is 55.0 Å². The molecule has 3 rings (SSSR count). The first kappa shape index (κ1) is 12.9. The number of hydrogen-bond donors (Lipinski definition) is 1. The van der Waals surface area contributed by atoms with Gasteiger partial charge in [0, 0.05) is 23.4 Å². The number of rotatable bonds is 7. The Hall–Kier alpha value is -2.10. The van der Waals surface area contributed by atoms with Crippen LogP contribution in [0.2, 0.25) is 0 Å². The van der Waals surface area contributed by atoms with Crippen molar-refractivity contribution in [3.05, 3.63) is 48.0 Å². The van der Waals surface area contributed by atoms with Gasteiger partial charge in [0.2, 0.25) is 0 Å². The zero-order valence-electron chi connectivity index (χ0n) is 11.3. The van der Waals surface area contributed by atoms with Gasteiger partial charge in [0.05, 0.1) is 12.9 Å². The van der Waals surface area contributed by atoms with E-state index in [9.17, 15) is 4.79 Å². The average molecular weight is 276 g/mol. The van der Waals surface area contributed by atoms with Crippen molar-refractivity contribution in [1.82, 2.24) is 9.97 Å². The predicted molar refractivity (Wildman–Crippen MR) is 75.9 cm³/mol. The molecule has 0 radical (unpaired) electrons. The molecule has 1 fully saturated rings. The van der Waals surface area contributed by atoms with Crippen LogP contribution in [0.25, 0.3) is 0 Å². The lowest BCUT2D eigenvalue weighted by Crippen LogP contribution is -2.02. The highest BCUT2D eigenvalue weighted by Crippen LogP contribution is 2.32. The molecule has 0 amide bonds. The lowest BCUT2D eigenvalue weighted by atomic mass is 10.3. The Morgan fingerprint density at radius 2 is 2.10 bits per heavy atom. The average Bonchev–Trinajstić information content (AvgIpc) is 3.21. The number of aryl methyl sites for hydroxylation is 1. The zero-order valence-corrected chi connectivity index (χ0v) is 11.3. The fourth-order valence-corrected chi connectivity index (χ4v) is 2.17. The normalized spacial score (nSPS) is 14.2. The molecule has 1 aromatic carbocycles. The quantitative estimate of drug-likeness (QED) is 0.624. The summed E-state index contributed by atoms with van der Waals surface area (Å²) in [5, 5.41) is 0. The number of Topliss-reactive ketones (excluding diaryl/α,β-unsaturated/α-hetero) is 1. The van der Waals surface area contributed by atoms with E-state index in [0.29, 0.717) is 6.61 Å². The standard InChI is InChI=1S/C16H18N2O2/c19-16(12-3-4-12)13-5-7-15(8-6-13)20-9-1-2-14-10-17-11-18-14/h5-8,10-12H,1-4,9H2,(H,17,18)/i5+1,6+1,7+1,8+1,13+1,15+1. The third-order valence-electron chi connectivity index (χ3n) is 3.50. The summed E-state index contributed by atoms with van der Waals surface area (Å²) >= 11 is 0. The van der Waals surface area contributed by atoms with Crippen molar-refractivity contribution in [2.75, 3.05) is 6.61 Å². The minimum atomic E-state index is 0.274. The maximum absolute atomic E-state index is 11.9. The first-order chi connectivity index (χ1) is 9.83. The van der Waals surface area contributed by atoms with Crippen molar-refractivity contribution in [2.45, 2.75) is 25.7 Å². The SMILES string of the molecule is O=C(C1CC1)[13c]1[13cH][13cH][13c](OCCCc2cnc[nH]2)[13cH][13cH]1. The van der Waals surface area contributed by atoms with Gasteiger partial charge in [-0.15, -0.1) is 0 Å². The van der Waals surface area contributed by atoms with E-state index in [1.165, 1.54) is 0 Å². The molecule has 4 heteroatoms. The van der Waals surface area contributed by atoms with E-state index in [4.69, 9.17) is 4.74 Å². The van der Waals surface area contributed by atoms with E-state index in [1.807, 2.05) is 30.5 Å². The van der Waals surface area contributed by atoms with Gasteiger partial charge in [-0.1, -0.05) is 0 Å². The third-order valence-corrected chi connectivity index (χ3v) is 3.50. The van der Waals surface area contributed by atoms with Gasteiger partial charge in [-0.2, -0.15) is 0 Å². The molecule has 1 aliphatic carbocycles. The van der Waals surface area contributed by atoms with Crippen LogP contribution in [-0.4, -0.2) is 22.4 Å². The number of benzene rings is 1. The van der Waals surface area contributed by atoms with Crippen LogP contribution in [0.1, 0.15) is 35.3 Å². The molecule has 1 saturated carbocycles. The summed E-state index contributed by atoms with van der Waals surface area (Å²) in [4.78, 5) is 18.9. The lowest BCUT2D eigenvalue weighted by molar-refractivity contribution is 0.0967. The Morgan fingerprint density at radius 1 is 1.30 bits per heavy atom. The fraction of sp³-hybridized carbons (Fsp3) is 0.375. The second-order valence-corrected chi connectivity index (χ2v) is 5.19. The summed E-state index contributed by atoms with van der Waals surface area (Å²) in [6, 6.07) is 7.49. The number of aromatic amines is 1. The van der Waals surface area contributed by atoms with Crippen LogP contribution in [0.5, 0.6) is 5.75 Å². The largest absolute Gasteiger partial charge is 0.494 e. The van der Waals surface area contributed by atoms with Gasteiger partial charge in [0.1, 0.15) is 5.75 Å². The molecule has 0 saturated heterocycles. The van der Waals surface area contributed by atoms with Crippen LogP contribution in [-0.2, 0) is 6.42 Å². The minimum absolute atomic E-state index is 0.274. The Balaban J connectivity index is 1.44. The second kappa shape index (κ2) is 5.90. The van der Waals surface area contributed by atoms with E-state index < -0.39 is 0 Å². The van der Waals surface area contributed by atoms with Gasteiger partial charge >= 0.3 is 0 Å². The molecule has 1 heterocycles. The number of nitrogens with one attached hydrogen (secondary N) is 1. The maximum Gasteiger partial charge on any atom is 0.165 e. The van der Waals surface area contributed by atoms with Crippen molar-refractivity contribution >= 4 is 5.78 Å². The molecule has 0 aliphatic heterocycles. The number of nitrogens with zero attached hydrogens (tertiary/aromatic N) is 1. The highest BCUT2D eigenvalue weighted by Gasteiger charge is 2.30. The number of carbonyl (C=O) groups excluding carboxylic acids is 1. The molecule has 4 nitrogen and oxygen atoms in total. The summed E-state index contributed by atoms with van der Waals surface area (Å²) in [5.41, 5.74) is 1.93. The number of imidazole rings is 1. The number of carbonyl (C=O) groups is 1. The van der Waals surface area contributed by atoms with Gasteiger partial charge in [0.25, 0.3) is 0 Å². The summed E-state index contributed by atoms with van der Waals surface area (Å²) in [5.74, 6) is 1.37. The van der Waals surface area contributed by atoms with Crippen LogP contribution in [0.3, 0.4) is 0 Å². The van der Waals surface area contributed by atoms with Gasteiger partial charge < -0.3 is 9.72 Å². The molecule has 20 heavy (non-hydrogen) atoms. The Bertz CT molecular complexity index is 557. The number of aromatic nitrogens is 2. The van der Waals surface area contributed by atoms with E-state index in [-0.39, 0.29) is 11.7 Å². The van der Waals surface area contributed by atoms with Gasteiger partial charge in [-0.25, -0.2) is 4.98 Å². The molecule has 0 bridgehead atoms. The van der Waals surface area contributed by atoms with Crippen LogP contribution < -0.4 is 4.74 Å². The van der Waals surface area contributed by atoms with Gasteiger partial charge in [-0.05, 0) is 49.9 Å². The number of hydrogen-bond acceptors (Lipinski definition) is 3. The number of ether oxygens (including phenoxy) is 1. The smallest absolute Gasteiger partial charge is 0.165 e. The van der Waals surface area contributed by atoms with E-state index in [0.717, 1.165) is 42.7 Å². The maximum atomic E-state index is 11.9. The third kappa shape index (κ3) is 3.26. The molecule has 1 aliphatic rings. The number of H-pyrrole nitrogens is 1. The fourth-order valence-electron chi connectivity index (χ4n) is 2.17. The first-order valence-electron chi connectivity index (χ1n) is 7.07. The van der Waals surface area contributed by atoms with Crippen molar-refractivity contribution < 1.29 is 9.53 Å². The van der Waals surface area contributed by atoms with E-state index in [2.05, 4.69) is 9.97 Å². The van der Waals surface area contributed by atoms with E-state index in [1.54, 1.807) is 6.33 Å². The summed E-state index contributed by atoms with van der Waals surface area (Å²) in [6.07, 6.45) is 7.47. The Morgan fingerprint density at radius 3 is 2.75 bits per heavy atom. The second-order valence-electron chi connectivity index (χ2n) is 5.19. The van der Waals surface area contributed by atoms with Crippen molar-refractivity contribution in [3.8, 4) is 5.75 Å². The van der Waals surface area contributed by atoms with Crippen LogP contribution in [0.4, 0.5) is 0 Å². The van der Waals surface area contributed by atoms with Crippen molar-refractivity contribution in [2.24, 2.45) is 5.92 Å². The van der Waals surface area contributed by atoms with Crippen molar-refractivity contribution in [3.63, 3.8) is 0 Å². The molecule has 1 N–H and O–H groups in total.